The summed E-state index contributed by atoms with van der Waals surface area (Å²) in [6, 6.07) is 3.72. The Morgan fingerprint density at radius 3 is 2.16 bits per heavy atom. The Bertz CT molecular complexity index is 1160. The summed E-state index contributed by atoms with van der Waals surface area (Å²) >= 11 is 5.48. The number of carbonyl (C=O) groups excluding carboxylic acids is 2. The average Bonchev–Trinajstić information content (AvgIpc) is 3.59. The molecule has 2 saturated carbocycles. The normalized spacial score (nSPS) is 22.5. The van der Waals surface area contributed by atoms with Gasteiger partial charge in [-0.1, -0.05) is 23.7 Å². The predicted molar refractivity (Wildman–Crippen MR) is 122 cm³/mol. The molecule has 0 saturated heterocycles. The Labute approximate surface area is 213 Å². The van der Waals surface area contributed by atoms with E-state index in [1.54, 1.807) is 0 Å². The van der Waals surface area contributed by atoms with E-state index >= 15 is 0 Å². The second-order valence-electron chi connectivity index (χ2n) is 9.57. The first-order valence-corrected chi connectivity index (χ1v) is 11.9. The van der Waals surface area contributed by atoms with Crippen LogP contribution in [0.1, 0.15) is 50.2 Å². The van der Waals surface area contributed by atoms with Crippen LogP contribution in [0, 0.1) is 0 Å². The van der Waals surface area contributed by atoms with E-state index < -0.39 is 59.4 Å². The highest BCUT2D eigenvalue weighted by Gasteiger charge is 2.64. The van der Waals surface area contributed by atoms with Gasteiger partial charge in [0.15, 0.2) is 5.54 Å². The summed E-state index contributed by atoms with van der Waals surface area (Å²) in [6.45, 7) is 1.23. The van der Waals surface area contributed by atoms with Gasteiger partial charge in [0.1, 0.15) is 6.33 Å². The van der Waals surface area contributed by atoms with E-state index in [0.717, 1.165) is 30.6 Å². The molecule has 1 aromatic carbocycles. The maximum atomic E-state index is 14.2. The number of hydrogen-bond donors (Lipinski definition) is 1. The number of halogens is 7. The number of nitrogens with one attached hydrogen (secondary N) is 1. The zero-order valence-corrected chi connectivity index (χ0v) is 20.3. The van der Waals surface area contributed by atoms with Crippen molar-refractivity contribution in [3.05, 3.63) is 54.1 Å². The van der Waals surface area contributed by atoms with E-state index in [-0.39, 0.29) is 36.1 Å². The molecule has 2 aromatic rings. The van der Waals surface area contributed by atoms with Gasteiger partial charge in [-0.25, -0.2) is 23.1 Å². The zero-order valence-electron chi connectivity index (χ0n) is 19.5. The molecule has 0 unspecified atom stereocenters. The molecule has 3 atom stereocenters. The Hall–Kier alpha value is -2.89. The third-order valence-electron chi connectivity index (χ3n) is 7.13. The van der Waals surface area contributed by atoms with Gasteiger partial charge in [-0.15, -0.1) is 0 Å². The number of nitrogens with zero attached hydrogens (tertiary/aromatic N) is 3. The molecule has 2 aliphatic carbocycles. The summed E-state index contributed by atoms with van der Waals surface area (Å²) in [5, 5.41) is 2.50. The molecule has 13 heteroatoms. The molecule has 2 fully saturated rings. The van der Waals surface area contributed by atoms with Crippen molar-refractivity contribution in [2.24, 2.45) is 0 Å². The van der Waals surface area contributed by atoms with Crippen molar-refractivity contribution in [1.29, 1.82) is 0 Å². The predicted octanol–water partition coefficient (Wildman–Crippen LogP) is 5.16. The molecule has 0 bridgehead atoms. The summed E-state index contributed by atoms with van der Waals surface area (Å²) in [6.07, 6.45) is -2.24. The van der Waals surface area contributed by atoms with Gasteiger partial charge in [0.05, 0.1) is 5.41 Å². The average molecular weight is 549 g/mol. The fraction of sp³-hybridized carbons (Fsp3) is 0.500. The van der Waals surface area contributed by atoms with Gasteiger partial charge in [-0.2, -0.15) is 13.2 Å². The number of rotatable bonds is 7. The Morgan fingerprint density at radius 1 is 1.11 bits per heavy atom. The highest BCUT2D eigenvalue weighted by atomic mass is 35.5. The van der Waals surface area contributed by atoms with Crippen molar-refractivity contribution < 1.29 is 35.9 Å². The van der Waals surface area contributed by atoms with Gasteiger partial charge in [0.2, 0.25) is 5.92 Å². The topological polar surface area (TPSA) is 75.2 Å². The zero-order chi connectivity index (χ0) is 27.2. The Balaban J connectivity index is 1.77. The van der Waals surface area contributed by atoms with Crippen molar-refractivity contribution in [3.63, 3.8) is 0 Å². The van der Waals surface area contributed by atoms with Crippen molar-refractivity contribution in [3.8, 4) is 0 Å². The van der Waals surface area contributed by atoms with Crippen LogP contribution in [0.25, 0.3) is 0 Å². The van der Waals surface area contributed by atoms with E-state index in [4.69, 9.17) is 11.6 Å². The highest BCUT2D eigenvalue weighted by Crippen LogP contribution is 2.59. The molecule has 1 aromatic heterocycles. The number of anilines is 1. The molecule has 4 rings (SSSR count). The number of hydrogen-bond acceptors (Lipinski definition) is 4. The third-order valence-corrected chi connectivity index (χ3v) is 7.32. The fourth-order valence-corrected chi connectivity index (χ4v) is 4.90. The van der Waals surface area contributed by atoms with Crippen molar-refractivity contribution in [2.45, 2.75) is 73.8 Å². The van der Waals surface area contributed by atoms with Crippen LogP contribution in [-0.4, -0.2) is 45.6 Å². The maximum Gasteiger partial charge on any atom is 0.398 e. The molecule has 200 valence electrons. The first-order valence-electron chi connectivity index (χ1n) is 11.4. The van der Waals surface area contributed by atoms with E-state index in [9.17, 15) is 35.9 Å². The summed E-state index contributed by atoms with van der Waals surface area (Å²) in [7, 11) is 0. The first-order chi connectivity index (χ1) is 17.2. The van der Waals surface area contributed by atoms with Gasteiger partial charge in [0.25, 0.3) is 17.4 Å². The van der Waals surface area contributed by atoms with Crippen molar-refractivity contribution >= 4 is 29.1 Å². The largest absolute Gasteiger partial charge is 0.398 e. The molecular weight excluding hydrogens is 526 g/mol. The van der Waals surface area contributed by atoms with Crippen LogP contribution in [0.5, 0.6) is 0 Å². The number of carbonyl (C=O) groups is 2. The van der Waals surface area contributed by atoms with Gasteiger partial charge < -0.3 is 5.32 Å². The van der Waals surface area contributed by atoms with E-state index in [0.29, 0.717) is 4.90 Å². The summed E-state index contributed by atoms with van der Waals surface area (Å²) in [4.78, 5) is 35.1. The molecule has 6 nitrogen and oxygen atoms in total. The molecular formula is C24H23ClF6N4O2. The molecule has 1 heterocycles. The molecule has 1 N–H and O–H groups in total. The fourth-order valence-electron chi connectivity index (χ4n) is 4.81. The Morgan fingerprint density at radius 2 is 1.70 bits per heavy atom. The van der Waals surface area contributed by atoms with E-state index in [2.05, 4.69) is 15.3 Å². The minimum Gasteiger partial charge on any atom is -0.351 e. The summed E-state index contributed by atoms with van der Waals surface area (Å²) in [5.74, 6) is -5.30. The molecule has 0 aliphatic heterocycles. The lowest BCUT2D eigenvalue weighted by molar-refractivity contribution is -0.160. The molecule has 2 amide bonds. The quantitative estimate of drug-likeness (QED) is 0.383. The smallest absolute Gasteiger partial charge is 0.351 e. The minimum absolute atomic E-state index is 0.000884. The first kappa shape index (κ1) is 27.2. The monoisotopic (exact) mass is 548 g/mol. The van der Waals surface area contributed by atoms with E-state index in [1.807, 2.05) is 0 Å². The van der Waals surface area contributed by atoms with Crippen LogP contribution in [0.3, 0.4) is 0 Å². The van der Waals surface area contributed by atoms with Gasteiger partial charge in [-0.05, 0) is 43.9 Å². The lowest BCUT2D eigenvalue weighted by atomic mass is 9.88. The second kappa shape index (κ2) is 9.45. The molecule has 37 heavy (non-hydrogen) atoms. The van der Waals surface area contributed by atoms with Crippen LogP contribution in [0.15, 0.2) is 43.0 Å². The van der Waals surface area contributed by atoms with Crippen LogP contribution in [0.4, 0.5) is 32.0 Å². The van der Waals surface area contributed by atoms with E-state index in [1.165, 1.54) is 19.3 Å². The lowest BCUT2D eigenvalue weighted by Gasteiger charge is -2.40. The molecule has 0 spiro atoms. The maximum absolute atomic E-state index is 14.2. The third kappa shape index (κ3) is 4.99. The van der Waals surface area contributed by atoms with Crippen LogP contribution < -0.4 is 10.2 Å². The SMILES string of the molecule is C[C@](C(=O)N[C@@H]1CCC(F)(F)C1)(c1cncnc1)N(C(=O)[C@H](F)Cl)c1ccc(C2(C(F)(F)F)CC2)cc1. The number of benzene rings is 1. The van der Waals surface area contributed by atoms with Gasteiger partial charge in [0, 0.05) is 42.5 Å². The van der Waals surface area contributed by atoms with Crippen molar-refractivity contribution in [1.82, 2.24) is 15.3 Å². The van der Waals surface area contributed by atoms with Crippen molar-refractivity contribution in [2.75, 3.05) is 4.90 Å². The van der Waals surface area contributed by atoms with Gasteiger partial charge in [-0.3, -0.25) is 14.5 Å². The summed E-state index contributed by atoms with van der Waals surface area (Å²) < 4.78 is 82.5. The summed E-state index contributed by atoms with van der Waals surface area (Å²) in [5.41, 5.74) is -6.90. The highest BCUT2D eigenvalue weighted by molar-refractivity contribution is 6.32. The second-order valence-corrected chi connectivity index (χ2v) is 9.95. The Kier molecular flexibility index (Phi) is 6.93. The lowest BCUT2D eigenvalue weighted by Crippen LogP contribution is -2.59. The number of alkyl halides is 7. The van der Waals surface area contributed by atoms with Crippen LogP contribution in [-0.2, 0) is 20.5 Å². The van der Waals surface area contributed by atoms with Crippen LogP contribution >= 0.6 is 11.6 Å². The molecule has 2 aliphatic rings. The molecule has 0 radical (unpaired) electrons. The number of aromatic nitrogens is 2. The van der Waals surface area contributed by atoms with Crippen LogP contribution in [0.2, 0.25) is 0 Å². The minimum atomic E-state index is -4.48. The standard InChI is InChI=1S/C24H23ClF6N4O2/c1-21(15-11-32-13-33-12-15,20(37)34-16-6-7-23(27,28)10-16)35(19(36)18(25)26)17-4-2-14(3-5-17)22(8-9-22)24(29,30)31/h2-5,11-13,16,18H,6-10H2,1H3,(H,34,37)/t16-,18+,21-/m1/s1. The number of amides is 2. The van der Waals surface area contributed by atoms with Gasteiger partial charge >= 0.3 is 6.18 Å².